The summed E-state index contributed by atoms with van der Waals surface area (Å²) >= 11 is 12.5. The number of nitrogens with zero attached hydrogens (tertiary/aromatic N) is 5. The lowest BCUT2D eigenvalue weighted by Crippen LogP contribution is -2.53. The molecule has 4 unspecified atom stereocenters. The maximum atomic E-state index is 15.2. The van der Waals surface area contributed by atoms with E-state index in [1.165, 1.54) is 9.36 Å². The van der Waals surface area contributed by atoms with Crippen molar-refractivity contribution in [1.29, 1.82) is 0 Å². The first-order chi connectivity index (χ1) is 25.2. The van der Waals surface area contributed by atoms with Gasteiger partial charge in [-0.2, -0.15) is 18.2 Å². The smallest absolute Gasteiger partial charge is 0.417 e. The molecule has 1 saturated heterocycles. The molecule has 0 radical (unpaired) electrons. The van der Waals surface area contributed by atoms with Crippen molar-refractivity contribution in [2.45, 2.75) is 43.4 Å². The molecule has 0 bridgehead atoms. The lowest BCUT2D eigenvalue weighted by molar-refractivity contribution is -0.139. The number of hydrogen-bond acceptors (Lipinski definition) is 7. The number of phenols is 1. The summed E-state index contributed by atoms with van der Waals surface area (Å²) in [4.78, 5) is 61.8. The van der Waals surface area contributed by atoms with E-state index in [4.69, 9.17) is 23.2 Å². The second-order valence-electron chi connectivity index (χ2n) is 13.1. The van der Waals surface area contributed by atoms with E-state index in [-0.39, 0.29) is 30.1 Å². The minimum absolute atomic E-state index is 0.0701. The number of allylic oxidation sites excluding steroid dienone is 2. The van der Waals surface area contributed by atoms with Crippen molar-refractivity contribution in [2.24, 2.45) is 5.92 Å². The lowest BCUT2D eigenvalue weighted by atomic mass is 9.53. The van der Waals surface area contributed by atoms with Gasteiger partial charge in [0.05, 0.1) is 40.2 Å². The predicted molar refractivity (Wildman–Crippen MR) is 188 cm³/mol. The molecule has 2 amide bonds. The zero-order chi connectivity index (χ0) is 37.6. The van der Waals surface area contributed by atoms with Crippen molar-refractivity contribution in [3.8, 4) is 11.4 Å². The molecule has 2 aliphatic heterocycles. The number of hydrogen-bond donors (Lipinski definition) is 2. The minimum Gasteiger partial charge on any atom is -0.507 e. The van der Waals surface area contributed by atoms with E-state index in [0.29, 0.717) is 44.7 Å². The molecule has 2 fully saturated rings. The Bertz CT molecular complexity index is 2500. The Morgan fingerprint density at radius 1 is 0.943 bits per heavy atom. The number of pyridine rings is 1. The van der Waals surface area contributed by atoms with Crippen molar-refractivity contribution in [2.75, 3.05) is 5.43 Å². The van der Waals surface area contributed by atoms with Gasteiger partial charge in [-0.25, -0.2) is 28.5 Å². The van der Waals surface area contributed by atoms with Crippen LogP contribution in [0.3, 0.4) is 0 Å². The molecule has 1 aliphatic carbocycles. The number of imide groups is 1. The Balaban J connectivity index is 1.37. The summed E-state index contributed by atoms with van der Waals surface area (Å²) in [6, 6.07) is 19.3. The molecule has 11 nitrogen and oxygen atoms in total. The summed E-state index contributed by atoms with van der Waals surface area (Å²) in [5.74, 6) is -4.52. The molecule has 270 valence electrons. The van der Waals surface area contributed by atoms with Crippen molar-refractivity contribution < 1.29 is 27.9 Å². The number of carbonyl (C=O) groups excluding carboxylic acids is 2. The number of aryl methyl sites for hydroxylation is 1. The fraction of sp³-hybridized carbons (Fsp3) is 0.216. The highest BCUT2D eigenvalue weighted by Gasteiger charge is 2.69. The third kappa shape index (κ3) is 5.06. The molecule has 4 atom stereocenters. The Kier molecular flexibility index (Phi) is 7.96. The number of carbonyl (C=O) groups is 2. The van der Waals surface area contributed by atoms with Crippen LogP contribution in [-0.4, -0.2) is 40.8 Å². The molecule has 16 heteroatoms. The summed E-state index contributed by atoms with van der Waals surface area (Å²) in [5, 5.41) is 12.2. The summed E-state index contributed by atoms with van der Waals surface area (Å²) in [6.45, 7) is 1.61. The average Bonchev–Trinajstić information content (AvgIpc) is 3.51. The van der Waals surface area contributed by atoms with Crippen LogP contribution in [0.2, 0.25) is 10.0 Å². The van der Waals surface area contributed by atoms with Crippen LogP contribution in [0.5, 0.6) is 5.75 Å². The molecular weight excluding hydrogens is 736 g/mol. The van der Waals surface area contributed by atoms with Crippen LogP contribution in [0.1, 0.15) is 40.6 Å². The monoisotopic (exact) mass is 762 g/mol. The van der Waals surface area contributed by atoms with Gasteiger partial charge in [0.25, 0.3) is 11.8 Å². The standard InChI is InChI=1S/C37H27Cl2F3N6O5/c1-19-6-5-9-25(30(19)49)29-24-14-15-45-34(52)46(23-7-3-2-4-8-23)35(53)48(45)28(24)17-26-32(50)47(33(51)36(26,29)20-10-12-22(38)13-11-20)44-31-27(39)16-21(18-43-31)37(40,41)42/h2-14,16,18,26,28-29,49H,15,17H2,1H3,(H,43,44). The number of alkyl halides is 3. The first-order valence-electron chi connectivity index (χ1n) is 16.4. The predicted octanol–water partition coefficient (Wildman–Crippen LogP) is 6.15. The maximum Gasteiger partial charge on any atom is 0.417 e. The summed E-state index contributed by atoms with van der Waals surface area (Å²) in [5.41, 5.74) is 0.289. The van der Waals surface area contributed by atoms with Gasteiger partial charge in [0.2, 0.25) is 0 Å². The largest absolute Gasteiger partial charge is 0.507 e. The summed E-state index contributed by atoms with van der Waals surface area (Å²) in [7, 11) is 0. The van der Waals surface area contributed by atoms with Crippen LogP contribution in [0.25, 0.3) is 5.69 Å². The number of aromatic nitrogens is 4. The summed E-state index contributed by atoms with van der Waals surface area (Å²) < 4.78 is 43.9. The van der Waals surface area contributed by atoms with Crippen LogP contribution >= 0.6 is 23.2 Å². The zero-order valence-electron chi connectivity index (χ0n) is 27.5. The number of benzene rings is 3. The van der Waals surface area contributed by atoms with Gasteiger partial charge < -0.3 is 5.11 Å². The van der Waals surface area contributed by atoms with Gasteiger partial charge in [-0.15, -0.1) is 0 Å². The van der Waals surface area contributed by atoms with Crippen molar-refractivity contribution in [1.82, 2.24) is 23.9 Å². The van der Waals surface area contributed by atoms with Crippen LogP contribution in [0.15, 0.2) is 106 Å². The third-order valence-electron chi connectivity index (χ3n) is 10.4. The van der Waals surface area contributed by atoms with Crippen LogP contribution in [0.4, 0.5) is 19.0 Å². The number of rotatable bonds is 5. The Labute approximate surface area is 308 Å². The first kappa shape index (κ1) is 34.5. The third-order valence-corrected chi connectivity index (χ3v) is 11.0. The minimum atomic E-state index is -4.76. The second kappa shape index (κ2) is 12.2. The highest BCUT2D eigenvalue weighted by Crippen LogP contribution is 2.63. The highest BCUT2D eigenvalue weighted by atomic mass is 35.5. The fourth-order valence-corrected chi connectivity index (χ4v) is 8.44. The van der Waals surface area contributed by atoms with Crippen molar-refractivity contribution in [3.05, 3.63) is 150 Å². The molecule has 0 spiro atoms. The molecule has 53 heavy (non-hydrogen) atoms. The Morgan fingerprint density at radius 3 is 2.34 bits per heavy atom. The van der Waals surface area contributed by atoms with E-state index in [0.717, 1.165) is 4.57 Å². The second-order valence-corrected chi connectivity index (χ2v) is 14.0. The summed E-state index contributed by atoms with van der Waals surface area (Å²) in [6.07, 6.45) is -2.65. The number of phenolic OH excluding ortho intramolecular Hbond substituents is 1. The molecule has 2 N–H and O–H groups in total. The molecule has 2 aromatic heterocycles. The molecule has 8 rings (SSSR count). The molecule has 1 saturated carbocycles. The number of halogens is 5. The van der Waals surface area contributed by atoms with Gasteiger partial charge >= 0.3 is 17.6 Å². The Morgan fingerprint density at radius 2 is 1.66 bits per heavy atom. The van der Waals surface area contributed by atoms with E-state index in [1.54, 1.807) is 85.8 Å². The quantitative estimate of drug-likeness (QED) is 0.162. The number of aromatic hydroxyl groups is 1. The molecule has 4 heterocycles. The first-order valence-corrected chi connectivity index (χ1v) is 17.1. The fourth-order valence-electron chi connectivity index (χ4n) is 8.10. The van der Waals surface area contributed by atoms with Crippen LogP contribution in [-0.2, 0) is 27.7 Å². The van der Waals surface area contributed by atoms with E-state index in [9.17, 15) is 32.7 Å². The van der Waals surface area contributed by atoms with Gasteiger partial charge in [0.1, 0.15) is 5.75 Å². The molecular formula is C37H27Cl2F3N6O5. The number of amides is 2. The van der Waals surface area contributed by atoms with E-state index >= 15 is 4.79 Å². The number of fused-ring (bicyclic) bond motifs is 4. The number of hydrazine groups is 1. The number of anilines is 1. The van der Waals surface area contributed by atoms with E-state index in [2.05, 4.69) is 10.4 Å². The topological polar surface area (TPSA) is 131 Å². The molecule has 3 aromatic carbocycles. The molecule has 5 aromatic rings. The lowest BCUT2D eigenvalue weighted by Gasteiger charge is -2.49. The molecule has 3 aliphatic rings. The van der Waals surface area contributed by atoms with Gasteiger partial charge in [-0.05, 0) is 60.4 Å². The SMILES string of the molecule is Cc1cccc(C2C3=CCn4c(=O)n(-c5ccccc5)c(=O)n4C3CC3C(=O)N(Nc4ncc(C(F)(F)F)cc4Cl)C(=O)C32c2ccc(Cl)cc2)c1O. The number of para-hydroxylation sites is 2. The number of nitrogens with one attached hydrogen (secondary N) is 1. The van der Waals surface area contributed by atoms with Crippen molar-refractivity contribution in [3.63, 3.8) is 0 Å². The van der Waals surface area contributed by atoms with Gasteiger partial charge in [0, 0.05) is 22.7 Å². The van der Waals surface area contributed by atoms with E-state index in [1.807, 2.05) is 0 Å². The normalized spacial score (nSPS) is 22.3. The van der Waals surface area contributed by atoms with Gasteiger partial charge in [0.15, 0.2) is 5.82 Å². The zero-order valence-corrected chi connectivity index (χ0v) is 29.0. The average molecular weight is 764 g/mol. The van der Waals surface area contributed by atoms with E-state index < -0.39 is 63.2 Å². The van der Waals surface area contributed by atoms with Crippen LogP contribution < -0.4 is 16.8 Å². The van der Waals surface area contributed by atoms with Crippen LogP contribution in [0, 0.1) is 12.8 Å². The highest BCUT2D eigenvalue weighted by molar-refractivity contribution is 6.33. The van der Waals surface area contributed by atoms with Gasteiger partial charge in [-0.1, -0.05) is 77.8 Å². The maximum absolute atomic E-state index is 15.2. The van der Waals surface area contributed by atoms with Crippen molar-refractivity contribution >= 4 is 40.8 Å². The van der Waals surface area contributed by atoms with Gasteiger partial charge in [-0.3, -0.25) is 15.0 Å². The Hall–Kier alpha value is -5.60.